The Hall–Kier alpha value is -2.35. The van der Waals surface area contributed by atoms with Crippen LogP contribution in [0, 0.1) is 6.92 Å². The minimum Gasteiger partial charge on any atom is -0.348 e. The first-order chi connectivity index (χ1) is 10.9. The molecule has 0 heterocycles. The Balaban J connectivity index is 1.92. The average Bonchev–Trinajstić information content (AvgIpc) is 2.51. The maximum absolute atomic E-state index is 11.9. The van der Waals surface area contributed by atoms with Crippen LogP contribution in [0.4, 0.5) is 0 Å². The topological polar surface area (TPSA) is 29.1 Å². The zero-order valence-corrected chi connectivity index (χ0v) is 14.4. The zero-order chi connectivity index (χ0) is 16.9. The van der Waals surface area contributed by atoms with Crippen LogP contribution in [-0.2, 0) is 16.8 Å². The molecule has 1 amide bonds. The Morgan fingerprint density at radius 3 is 2.30 bits per heavy atom. The molecule has 120 valence electrons. The number of carbonyl (C=O) groups excluding carboxylic acids is 1. The number of hydrogen-bond acceptors (Lipinski definition) is 1. The van der Waals surface area contributed by atoms with Crippen molar-refractivity contribution in [2.24, 2.45) is 0 Å². The molecule has 0 atom stereocenters. The standard InChI is InChI=1S/C21H25NO/c1-16-7-5-6-8-18(16)15-22-20(23)14-11-17-9-12-19(13-10-17)21(2,3)4/h5-14H,15H2,1-4H3,(H,22,23). The molecular weight excluding hydrogens is 282 g/mol. The molecule has 0 aromatic heterocycles. The Morgan fingerprint density at radius 2 is 1.70 bits per heavy atom. The van der Waals surface area contributed by atoms with Crippen molar-refractivity contribution in [1.29, 1.82) is 0 Å². The molecule has 2 aromatic rings. The van der Waals surface area contributed by atoms with Crippen molar-refractivity contribution in [2.75, 3.05) is 0 Å². The van der Waals surface area contributed by atoms with E-state index in [2.05, 4.69) is 38.2 Å². The lowest BCUT2D eigenvalue weighted by atomic mass is 9.87. The second-order valence-electron chi connectivity index (χ2n) is 6.85. The maximum atomic E-state index is 11.9. The lowest BCUT2D eigenvalue weighted by molar-refractivity contribution is -0.116. The number of rotatable bonds is 4. The van der Waals surface area contributed by atoms with Gasteiger partial charge in [0.05, 0.1) is 0 Å². The summed E-state index contributed by atoms with van der Waals surface area (Å²) in [6.45, 7) is 9.18. The maximum Gasteiger partial charge on any atom is 0.244 e. The van der Waals surface area contributed by atoms with Crippen molar-refractivity contribution in [3.63, 3.8) is 0 Å². The second-order valence-corrected chi connectivity index (χ2v) is 6.85. The zero-order valence-electron chi connectivity index (χ0n) is 14.4. The molecule has 2 rings (SSSR count). The fourth-order valence-electron chi connectivity index (χ4n) is 2.32. The molecule has 0 aliphatic rings. The van der Waals surface area contributed by atoms with Gasteiger partial charge in [-0.05, 0) is 40.7 Å². The third-order valence-electron chi connectivity index (χ3n) is 3.92. The van der Waals surface area contributed by atoms with E-state index in [0.717, 1.165) is 11.1 Å². The van der Waals surface area contributed by atoms with E-state index in [9.17, 15) is 4.79 Å². The molecule has 0 unspecified atom stereocenters. The smallest absolute Gasteiger partial charge is 0.244 e. The molecule has 1 N–H and O–H groups in total. The first kappa shape index (κ1) is 17.0. The van der Waals surface area contributed by atoms with E-state index in [-0.39, 0.29) is 11.3 Å². The molecule has 0 saturated heterocycles. The first-order valence-electron chi connectivity index (χ1n) is 7.97. The number of aryl methyl sites for hydroxylation is 1. The monoisotopic (exact) mass is 307 g/mol. The quantitative estimate of drug-likeness (QED) is 0.820. The van der Waals surface area contributed by atoms with E-state index in [4.69, 9.17) is 0 Å². The van der Waals surface area contributed by atoms with Crippen LogP contribution in [0.15, 0.2) is 54.6 Å². The highest BCUT2D eigenvalue weighted by molar-refractivity contribution is 5.91. The number of hydrogen-bond donors (Lipinski definition) is 1. The van der Waals surface area contributed by atoms with Crippen molar-refractivity contribution in [1.82, 2.24) is 5.32 Å². The fourth-order valence-corrected chi connectivity index (χ4v) is 2.32. The predicted octanol–water partition coefficient (Wildman–Crippen LogP) is 4.62. The average molecular weight is 307 g/mol. The van der Waals surface area contributed by atoms with E-state index < -0.39 is 0 Å². The van der Waals surface area contributed by atoms with Gasteiger partial charge in [-0.25, -0.2) is 0 Å². The molecule has 23 heavy (non-hydrogen) atoms. The van der Waals surface area contributed by atoms with E-state index in [0.29, 0.717) is 6.54 Å². The molecule has 2 nitrogen and oxygen atoms in total. The van der Waals surface area contributed by atoms with E-state index >= 15 is 0 Å². The van der Waals surface area contributed by atoms with Gasteiger partial charge in [0.15, 0.2) is 0 Å². The van der Waals surface area contributed by atoms with Gasteiger partial charge in [0.2, 0.25) is 5.91 Å². The third kappa shape index (κ3) is 5.10. The molecule has 0 saturated carbocycles. The summed E-state index contributed by atoms with van der Waals surface area (Å²) in [5, 5.41) is 2.92. The fraction of sp³-hybridized carbons (Fsp3) is 0.286. The minimum absolute atomic E-state index is 0.0758. The number of carbonyl (C=O) groups is 1. The van der Waals surface area contributed by atoms with Crippen molar-refractivity contribution in [2.45, 2.75) is 39.7 Å². The Kier molecular flexibility index (Phi) is 5.38. The van der Waals surface area contributed by atoms with Crippen LogP contribution < -0.4 is 5.32 Å². The summed E-state index contributed by atoms with van der Waals surface area (Å²) in [6, 6.07) is 16.4. The summed E-state index contributed by atoms with van der Waals surface area (Å²) >= 11 is 0. The highest BCUT2D eigenvalue weighted by Gasteiger charge is 2.12. The number of nitrogens with one attached hydrogen (secondary N) is 1. The molecule has 2 aromatic carbocycles. The van der Waals surface area contributed by atoms with Crippen LogP contribution in [0.3, 0.4) is 0 Å². The van der Waals surface area contributed by atoms with Crippen LogP contribution in [0.5, 0.6) is 0 Å². The van der Waals surface area contributed by atoms with Gasteiger partial charge in [-0.15, -0.1) is 0 Å². The van der Waals surface area contributed by atoms with Crippen molar-refractivity contribution in [3.05, 3.63) is 76.9 Å². The molecule has 0 spiro atoms. The lowest BCUT2D eigenvalue weighted by Gasteiger charge is -2.18. The molecule has 0 fully saturated rings. The van der Waals surface area contributed by atoms with Gasteiger partial charge < -0.3 is 5.32 Å². The largest absolute Gasteiger partial charge is 0.348 e. The van der Waals surface area contributed by atoms with E-state index in [1.165, 1.54) is 11.1 Å². The van der Waals surface area contributed by atoms with Crippen molar-refractivity contribution >= 4 is 12.0 Å². The summed E-state index contributed by atoms with van der Waals surface area (Å²) in [7, 11) is 0. The summed E-state index contributed by atoms with van der Waals surface area (Å²) in [5.74, 6) is -0.0758. The molecular formula is C21H25NO. The first-order valence-corrected chi connectivity index (χ1v) is 7.97. The summed E-state index contributed by atoms with van der Waals surface area (Å²) in [4.78, 5) is 11.9. The molecule has 0 aliphatic carbocycles. The van der Waals surface area contributed by atoms with Crippen molar-refractivity contribution < 1.29 is 4.79 Å². The molecule has 2 heteroatoms. The highest BCUT2D eigenvalue weighted by Crippen LogP contribution is 2.22. The molecule has 0 aliphatic heterocycles. The third-order valence-corrected chi connectivity index (χ3v) is 3.92. The van der Waals surface area contributed by atoms with Crippen LogP contribution in [0.1, 0.15) is 43.0 Å². The summed E-state index contributed by atoms with van der Waals surface area (Å²) in [6.07, 6.45) is 3.43. The summed E-state index contributed by atoms with van der Waals surface area (Å²) < 4.78 is 0. The van der Waals surface area contributed by atoms with Gasteiger partial charge >= 0.3 is 0 Å². The minimum atomic E-state index is -0.0758. The van der Waals surface area contributed by atoms with Gasteiger partial charge in [-0.3, -0.25) is 4.79 Å². The Labute approximate surface area is 139 Å². The summed E-state index contributed by atoms with van der Waals surface area (Å²) in [5.41, 5.74) is 4.80. The Bertz CT molecular complexity index is 691. The lowest BCUT2D eigenvalue weighted by Crippen LogP contribution is -2.20. The van der Waals surface area contributed by atoms with Gasteiger partial charge in [-0.1, -0.05) is 69.3 Å². The van der Waals surface area contributed by atoms with Gasteiger partial charge in [0.1, 0.15) is 0 Å². The van der Waals surface area contributed by atoms with Crippen molar-refractivity contribution in [3.8, 4) is 0 Å². The SMILES string of the molecule is Cc1ccccc1CNC(=O)C=Cc1ccc(C(C)(C)C)cc1. The number of amides is 1. The molecule has 0 bridgehead atoms. The normalized spacial score (nSPS) is 11.7. The Morgan fingerprint density at radius 1 is 1.04 bits per heavy atom. The number of benzene rings is 2. The second kappa shape index (κ2) is 7.28. The van der Waals surface area contributed by atoms with Crippen LogP contribution in [0.2, 0.25) is 0 Å². The van der Waals surface area contributed by atoms with Crippen LogP contribution in [-0.4, -0.2) is 5.91 Å². The van der Waals surface area contributed by atoms with Gasteiger partial charge in [0.25, 0.3) is 0 Å². The molecule has 0 radical (unpaired) electrons. The van der Waals surface area contributed by atoms with Crippen LogP contribution in [0.25, 0.3) is 6.08 Å². The van der Waals surface area contributed by atoms with E-state index in [1.54, 1.807) is 6.08 Å². The van der Waals surface area contributed by atoms with E-state index in [1.807, 2.05) is 49.4 Å². The van der Waals surface area contributed by atoms with Crippen LogP contribution >= 0.6 is 0 Å². The van der Waals surface area contributed by atoms with Gasteiger partial charge in [-0.2, -0.15) is 0 Å². The highest BCUT2D eigenvalue weighted by atomic mass is 16.1. The van der Waals surface area contributed by atoms with Gasteiger partial charge in [0, 0.05) is 12.6 Å². The predicted molar refractivity (Wildman–Crippen MR) is 97.2 cm³/mol.